The first kappa shape index (κ1) is 11.4. The lowest BCUT2D eigenvalue weighted by Crippen LogP contribution is -2.51. The minimum atomic E-state index is -0.987. The highest BCUT2D eigenvalue weighted by Gasteiger charge is 2.65. The Labute approximate surface area is 104 Å². The molecule has 0 aromatic rings. The molecule has 0 aromatic carbocycles. The van der Waals surface area contributed by atoms with Crippen LogP contribution in [0.3, 0.4) is 0 Å². The first-order valence-electron chi connectivity index (χ1n) is 6.22. The van der Waals surface area contributed by atoms with Gasteiger partial charge < -0.3 is 9.47 Å². The van der Waals surface area contributed by atoms with Gasteiger partial charge in [0.15, 0.2) is 0 Å². The van der Waals surface area contributed by atoms with E-state index in [2.05, 4.69) is 0 Å². The van der Waals surface area contributed by atoms with Gasteiger partial charge in [-0.2, -0.15) is 0 Å². The average molecular weight is 250 g/mol. The topological polar surface area (TPSA) is 69.7 Å². The Morgan fingerprint density at radius 1 is 1.50 bits per heavy atom. The fourth-order valence-corrected chi connectivity index (χ4v) is 3.47. The molecule has 5 heteroatoms. The fraction of sp³-hybridized carbons (Fsp3) is 0.615. The molecule has 1 aliphatic heterocycles. The number of allylic oxidation sites excluding steroid dienone is 1. The zero-order valence-corrected chi connectivity index (χ0v) is 10.0. The van der Waals surface area contributed by atoms with E-state index >= 15 is 0 Å². The van der Waals surface area contributed by atoms with Gasteiger partial charge in [0.05, 0.1) is 18.4 Å². The van der Waals surface area contributed by atoms with Crippen LogP contribution in [-0.2, 0) is 23.9 Å². The Bertz CT molecular complexity index is 466. The van der Waals surface area contributed by atoms with Crippen molar-refractivity contribution in [2.75, 3.05) is 6.61 Å². The predicted molar refractivity (Wildman–Crippen MR) is 59.0 cm³/mol. The lowest BCUT2D eigenvalue weighted by molar-refractivity contribution is -0.165. The summed E-state index contributed by atoms with van der Waals surface area (Å²) < 4.78 is 9.80. The van der Waals surface area contributed by atoms with E-state index in [0.717, 1.165) is 6.42 Å². The molecule has 4 rings (SSSR count). The van der Waals surface area contributed by atoms with Gasteiger partial charge in [0.25, 0.3) is 0 Å². The van der Waals surface area contributed by atoms with Crippen molar-refractivity contribution < 1.29 is 23.9 Å². The Kier molecular flexibility index (Phi) is 2.33. The van der Waals surface area contributed by atoms with Gasteiger partial charge in [0, 0.05) is 0 Å². The molecule has 2 bridgehead atoms. The van der Waals surface area contributed by atoms with Crippen LogP contribution < -0.4 is 0 Å². The molecular formula is C13H14O5. The molecule has 4 atom stereocenters. The van der Waals surface area contributed by atoms with E-state index in [0.29, 0.717) is 6.42 Å². The Balaban J connectivity index is 2.05. The third-order valence-corrected chi connectivity index (χ3v) is 4.29. The summed E-state index contributed by atoms with van der Waals surface area (Å²) in [6.07, 6.45) is 4.89. The molecule has 0 N–H and O–H groups in total. The summed E-state index contributed by atoms with van der Waals surface area (Å²) in [5.74, 6) is -2.65. The third kappa shape index (κ3) is 1.24. The van der Waals surface area contributed by atoms with Gasteiger partial charge in [-0.25, -0.2) is 0 Å². The number of cyclic esters (lactones) is 2. The van der Waals surface area contributed by atoms with Crippen LogP contribution in [0.1, 0.15) is 19.8 Å². The number of rotatable bonds is 2. The van der Waals surface area contributed by atoms with Crippen LogP contribution in [-0.4, -0.2) is 24.5 Å². The number of carbonyl (C=O) groups is 3. The molecule has 1 heterocycles. The van der Waals surface area contributed by atoms with E-state index in [-0.39, 0.29) is 12.5 Å². The minimum Gasteiger partial charge on any atom is -0.465 e. The SMILES string of the molecule is CCOC(=O)[C@]12C=C[C@@H](CC1)[C@H]1C(=O)OC(=O)[C@@H]12. The van der Waals surface area contributed by atoms with Crippen molar-refractivity contribution in [3.8, 4) is 0 Å². The second-order valence-corrected chi connectivity index (χ2v) is 5.07. The van der Waals surface area contributed by atoms with Crippen LogP contribution in [0.2, 0.25) is 0 Å². The second-order valence-electron chi connectivity index (χ2n) is 5.07. The van der Waals surface area contributed by atoms with Crippen LogP contribution in [0.15, 0.2) is 12.2 Å². The lowest BCUT2D eigenvalue weighted by atomic mass is 9.55. The van der Waals surface area contributed by atoms with Crippen molar-refractivity contribution in [1.82, 2.24) is 0 Å². The van der Waals surface area contributed by atoms with Gasteiger partial charge in [-0.1, -0.05) is 12.2 Å². The van der Waals surface area contributed by atoms with E-state index < -0.39 is 35.2 Å². The maximum Gasteiger partial charge on any atom is 0.318 e. The second kappa shape index (κ2) is 3.67. The fourth-order valence-electron chi connectivity index (χ4n) is 3.47. The Hall–Kier alpha value is -1.65. The summed E-state index contributed by atoms with van der Waals surface area (Å²) in [5, 5.41) is 0. The molecule has 18 heavy (non-hydrogen) atoms. The molecule has 0 amide bonds. The molecule has 0 spiro atoms. The Morgan fingerprint density at radius 3 is 2.89 bits per heavy atom. The summed E-state index contributed by atoms with van der Waals surface area (Å²) >= 11 is 0. The van der Waals surface area contributed by atoms with Gasteiger partial charge >= 0.3 is 17.9 Å². The van der Waals surface area contributed by atoms with Crippen LogP contribution in [0.5, 0.6) is 0 Å². The zero-order chi connectivity index (χ0) is 12.9. The quantitative estimate of drug-likeness (QED) is 0.412. The van der Waals surface area contributed by atoms with Crippen LogP contribution >= 0.6 is 0 Å². The average Bonchev–Trinajstić information content (AvgIpc) is 2.69. The maximum absolute atomic E-state index is 12.2. The number of hydrogen-bond donors (Lipinski definition) is 0. The van der Waals surface area contributed by atoms with Gasteiger partial charge in [-0.3, -0.25) is 14.4 Å². The molecular weight excluding hydrogens is 236 g/mol. The zero-order valence-electron chi connectivity index (χ0n) is 10.0. The predicted octanol–water partition coefficient (Wildman–Crippen LogP) is 0.831. The summed E-state index contributed by atoms with van der Waals surface area (Å²) in [7, 11) is 0. The monoisotopic (exact) mass is 250 g/mol. The molecule has 0 unspecified atom stereocenters. The highest BCUT2D eigenvalue weighted by atomic mass is 16.6. The van der Waals surface area contributed by atoms with Crippen molar-refractivity contribution in [3.05, 3.63) is 12.2 Å². The normalized spacial score (nSPS) is 40.6. The maximum atomic E-state index is 12.2. The third-order valence-electron chi connectivity index (χ3n) is 4.29. The molecule has 5 nitrogen and oxygen atoms in total. The highest BCUT2D eigenvalue weighted by Crippen LogP contribution is 2.56. The summed E-state index contributed by atoms with van der Waals surface area (Å²) in [4.78, 5) is 35.7. The first-order valence-corrected chi connectivity index (χ1v) is 6.22. The van der Waals surface area contributed by atoms with E-state index in [1.54, 1.807) is 13.0 Å². The number of hydrogen-bond acceptors (Lipinski definition) is 5. The Morgan fingerprint density at radius 2 is 2.28 bits per heavy atom. The number of fused-ring (bicyclic) bond motifs is 1. The van der Waals surface area contributed by atoms with E-state index in [4.69, 9.17) is 9.47 Å². The standard InChI is InChI=1S/C13H14O5/c1-2-17-12(16)13-5-3-7(4-6-13)8-9(13)11(15)18-10(8)14/h3,5,7-9H,2,4,6H2,1H3/t7-,8+,9+,13+/m0/s1. The van der Waals surface area contributed by atoms with Crippen molar-refractivity contribution in [2.45, 2.75) is 19.8 Å². The molecule has 96 valence electrons. The van der Waals surface area contributed by atoms with E-state index in [1.807, 2.05) is 6.08 Å². The van der Waals surface area contributed by atoms with Gasteiger partial charge in [-0.15, -0.1) is 0 Å². The number of ether oxygens (including phenoxy) is 2. The summed E-state index contributed by atoms with van der Waals surface area (Å²) in [5.41, 5.74) is -0.987. The molecule has 1 saturated carbocycles. The summed E-state index contributed by atoms with van der Waals surface area (Å²) in [6, 6.07) is 0. The van der Waals surface area contributed by atoms with Gasteiger partial charge in [0.2, 0.25) is 0 Å². The highest BCUT2D eigenvalue weighted by molar-refractivity contribution is 6.01. The molecule has 3 aliphatic carbocycles. The van der Waals surface area contributed by atoms with Crippen LogP contribution in [0.4, 0.5) is 0 Å². The van der Waals surface area contributed by atoms with Crippen molar-refractivity contribution in [3.63, 3.8) is 0 Å². The van der Waals surface area contributed by atoms with Crippen LogP contribution in [0.25, 0.3) is 0 Å². The van der Waals surface area contributed by atoms with Gasteiger partial charge in [-0.05, 0) is 25.7 Å². The smallest absolute Gasteiger partial charge is 0.318 e. The molecule has 0 radical (unpaired) electrons. The lowest BCUT2D eigenvalue weighted by Gasteiger charge is -2.45. The van der Waals surface area contributed by atoms with Crippen molar-refractivity contribution >= 4 is 17.9 Å². The van der Waals surface area contributed by atoms with Gasteiger partial charge in [0.1, 0.15) is 5.41 Å². The molecule has 0 aromatic heterocycles. The van der Waals surface area contributed by atoms with Crippen molar-refractivity contribution in [1.29, 1.82) is 0 Å². The molecule has 1 saturated heterocycles. The minimum absolute atomic E-state index is 0.0188. The molecule has 4 aliphatic rings. The largest absolute Gasteiger partial charge is 0.465 e. The van der Waals surface area contributed by atoms with Crippen molar-refractivity contribution in [2.24, 2.45) is 23.2 Å². The van der Waals surface area contributed by atoms with E-state index in [9.17, 15) is 14.4 Å². The van der Waals surface area contributed by atoms with Crippen LogP contribution in [0, 0.1) is 23.2 Å². The first-order chi connectivity index (χ1) is 8.60. The van der Waals surface area contributed by atoms with E-state index in [1.165, 1.54) is 0 Å². The number of esters is 3. The summed E-state index contributed by atoms with van der Waals surface area (Å²) in [6.45, 7) is 1.99. The number of carbonyl (C=O) groups excluding carboxylic acids is 3. The molecule has 2 fully saturated rings.